The Bertz CT molecular complexity index is 2280. The Balaban J connectivity index is 1.51. The van der Waals surface area contributed by atoms with Crippen LogP contribution < -0.4 is 10.2 Å². The van der Waals surface area contributed by atoms with E-state index in [1.54, 1.807) is 0 Å². The maximum Gasteiger partial charge on any atom is 0.161 e. The van der Waals surface area contributed by atoms with Crippen molar-refractivity contribution in [2.45, 2.75) is 0 Å². The predicted molar refractivity (Wildman–Crippen MR) is 193 cm³/mol. The van der Waals surface area contributed by atoms with Crippen LogP contribution in [0.5, 0.6) is 0 Å². The molecular formula is C41H34N5+. The molecule has 5 nitrogen and oxygen atoms in total. The number of aromatic amines is 2. The van der Waals surface area contributed by atoms with Crippen LogP contribution in [-0.2, 0) is 0 Å². The van der Waals surface area contributed by atoms with E-state index < -0.39 is 0 Å². The highest BCUT2D eigenvalue weighted by atomic mass is 15.1. The van der Waals surface area contributed by atoms with Gasteiger partial charge >= 0.3 is 0 Å². The van der Waals surface area contributed by atoms with Crippen LogP contribution in [0.1, 0.15) is 11.4 Å². The number of benzene rings is 4. The van der Waals surface area contributed by atoms with Crippen molar-refractivity contribution in [2.75, 3.05) is 19.0 Å². The van der Waals surface area contributed by atoms with Crippen LogP contribution >= 0.6 is 0 Å². The molecule has 0 unspecified atom stereocenters. The summed E-state index contributed by atoms with van der Waals surface area (Å²) in [6, 6.07) is 47.1. The molecule has 0 saturated carbocycles. The third-order valence-corrected chi connectivity index (χ3v) is 8.66. The Morgan fingerprint density at radius 1 is 0.522 bits per heavy atom. The minimum Gasteiger partial charge on any atom is -0.378 e. The van der Waals surface area contributed by atoms with Crippen molar-refractivity contribution in [3.05, 3.63) is 145 Å². The topological polar surface area (TPSA) is 64.3 Å². The van der Waals surface area contributed by atoms with Crippen LogP contribution in [-0.4, -0.2) is 29.0 Å². The molecule has 0 fully saturated rings. The fraction of sp³-hybridized carbons (Fsp3) is 0.0488. The summed E-state index contributed by atoms with van der Waals surface area (Å²) in [4.78, 5) is 15.2. The molecule has 0 amide bonds. The molecule has 0 saturated heterocycles. The molecule has 4 N–H and O–H groups in total. The van der Waals surface area contributed by atoms with Crippen molar-refractivity contribution >= 4 is 51.3 Å². The average Bonchev–Trinajstić information content (AvgIpc) is 3.85. The highest BCUT2D eigenvalue weighted by Crippen LogP contribution is 2.39. The van der Waals surface area contributed by atoms with Gasteiger partial charge in [0.25, 0.3) is 0 Å². The number of nitrogens with two attached hydrogens (primary N) is 1. The van der Waals surface area contributed by atoms with Gasteiger partial charge in [0.15, 0.2) is 5.69 Å². The molecule has 46 heavy (non-hydrogen) atoms. The number of hydrogen-bond donors (Lipinski definition) is 3. The Labute approximate surface area is 268 Å². The maximum absolute atomic E-state index is 5.34. The first kappa shape index (κ1) is 27.6. The number of quaternary nitrogens is 1. The van der Waals surface area contributed by atoms with Gasteiger partial charge in [-0.2, -0.15) is 0 Å². The maximum atomic E-state index is 5.34. The number of rotatable bonds is 6. The summed E-state index contributed by atoms with van der Waals surface area (Å²) >= 11 is 0. The summed E-state index contributed by atoms with van der Waals surface area (Å²) in [6.45, 7) is 0. The number of nitrogens with one attached hydrogen (secondary N) is 2. The Morgan fingerprint density at radius 2 is 1.04 bits per heavy atom. The molecule has 1 aliphatic rings. The first-order valence-corrected chi connectivity index (χ1v) is 15.6. The second-order valence-electron chi connectivity index (χ2n) is 11.9. The minimum absolute atomic E-state index is 0.925. The molecule has 3 aromatic heterocycles. The van der Waals surface area contributed by atoms with E-state index in [1.165, 1.54) is 5.69 Å². The van der Waals surface area contributed by atoms with Crippen LogP contribution in [0.25, 0.3) is 67.6 Å². The second kappa shape index (κ2) is 11.5. The number of nitrogens with zero attached hydrogens (tertiary/aromatic N) is 2. The van der Waals surface area contributed by atoms with E-state index in [-0.39, 0.29) is 0 Å². The molecule has 0 atom stereocenters. The number of hydrogen-bond acceptors (Lipinski definition) is 2. The van der Waals surface area contributed by atoms with Gasteiger partial charge in [-0.25, -0.2) is 4.98 Å². The zero-order chi connectivity index (χ0) is 31.0. The highest BCUT2D eigenvalue weighted by molar-refractivity contribution is 6.02. The van der Waals surface area contributed by atoms with Crippen LogP contribution in [0.15, 0.2) is 133 Å². The number of H-pyrrole nitrogens is 2. The zero-order valence-corrected chi connectivity index (χ0v) is 25.8. The Hall–Kier alpha value is -5.91. The molecule has 7 aromatic rings. The molecular weight excluding hydrogens is 562 g/mol. The van der Waals surface area contributed by atoms with Crippen molar-refractivity contribution in [1.82, 2.24) is 15.0 Å². The quantitative estimate of drug-likeness (QED) is 0.168. The SMILES string of the molecule is CN(C)c1ccc([NH2+]c2cc3[nH]c2c(-c2ccccc2)c2nc(c(-c4ccccc4)c4ccc([nH]4)c3-c3ccccc3)C=C2)cc1. The Morgan fingerprint density at radius 3 is 1.63 bits per heavy atom. The van der Waals surface area contributed by atoms with Gasteiger partial charge in [0.05, 0.1) is 16.9 Å². The lowest BCUT2D eigenvalue weighted by Gasteiger charge is -2.12. The third kappa shape index (κ3) is 5.03. The van der Waals surface area contributed by atoms with Crippen molar-refractivity contribution in [3.63, 3.8) is 0 Å². The smallest absolute Gasteiger partial charge is 0.161 e. The minimum atomic E-state index is 0.925. The van der Waals surface area contributed by atoms with E-state index in [4.69, 9.17) is 4.98 Å². The van der Waals surface area contributed by atoms with Gasteiger partial charge < -0.3 is 14.9 Å². The molecule has 4 aromatic carbocycles. The normalized spacial score (nSPS) is 11.7. The van der Waals surface area contributed by atoms with Crippen LogP contribution in [0, 0.1) is 0 Å². The summed E-state index contributed by atoms with van der Waals surface area (Å²) in [5, 5.41) is 2.27. The molecule has 5 heteroatoms. The van der Waals surface area contributed by atoms with E-state index >= 15 is 0 Å². The summed E-state index contributed by atoms with van der Waals surface area (Å²) in [5.74, 6) is 0. The molecule has 8 rings (SSSR count). The van der Waals surface area contributed by atoms with Gasteiger partial charge in [-0.15, -0.1) is 0 Å². The summed E-state index contributed by atoms with van der Waals surface area (Å²) in [5.41, 5.74) is 16.0. The fourth-order valence-corrected chi connectivity index (χ4v) is 6.43. The second-order valence-corrected chi connectivity index (χ2v) is 11.9. The molecule has 222 valence electrons. The van der Waals surface area contributed by atoms with Gasteiger partial charge in [0.1, 0.15) is 11.2 Å². The summed E-state index contributed by atoms with van der Waals surface area (Å²) < 4.78 is 0. The largest absolute Gasteiger partial charge is 0.378 e. The average molecular weight is 597 g/mol. The van der Waals surface area contributed by atoms with E-state index in [9.17, 15) is 0 Å². The van der Waals surface area contributed by atoms with E-state index in [2.05, 4.69) is 180 Å². The lowest BCUT2D eigenvalue weighted by Crippen LogP contribution is -2.70. The van der Waals surface area contributed by atoms with Crippen LogP contribution in [0.2, 0.25) is 0 Å². The summed E-state index contributed by atoms with van der Waals surface area (Å²) in [6.07, 6.45) is 4.30. The number of aromatic nitrogens is 3. The monoisotopic (exact) mass is 596 g/mol. The van der Waals surface area contributed by atoms with Crippen molar-refractivity contribution in [3.8, 4) is 33.4 Å². The van der Waals surface area contributed by atoms with E-state index in [0.717, 1.165) is 78.2 Å². The molecule has 6 bridgehead atoms. The van der Waals surface area contributed by atoms with Crippen LogP contribution in [0.4, 0.5) is 17.1 Å². The third-order valence-electron chi connectivity index (χ3n) is 8.66. The molecule has 4 heterocycles. The lowest BCUT2D eigenvalue weighted by atomic mass is 10.0. The van der Waals surface area contributed by atoms with Crippen molar-refractivity contribution in [1.29, 1.82) is 0 Å². The Kier molecular flexibility index (Phi) is 6.93. The van der Waals surface area contributed by atoms with Crippen LogP contribution in [0.3, 0.4) is 0 Å². The standard InChI is InChI=1S/C41H33N5/c1-46(2)31-20-18-30(19-21-31)42-37-26-36-39(28-14-8-4-9-15-28)34-23-22-32(43-34)38(27-12-6-3-7-13-27)33-24-25-35(44-33)40(41(37)45-36)29-16-10-5-11-17-29/h3-26,42-43,45H,1-2H3/p+1. The molecule has 0 radical (unpaired) electrons. The van der Waals surface area contributed by atoms with E-state index in [0.29, 0.717) is 0 Å². The zero-order valence-electron chi connectivity index (χ0n) is 25.8. The first-order chi connectivity index (χ1) is 22.6. The van der Waals surface area contributed by atoms with Gasteiger partial charge in [-0.05, 0) is 53.1 Å². The lowest BCUT2D eigenvalue weighted by molar-refractivity contribution is -0.476. The van der Waals surface area contributed by atoms with Gasteiger partial charge in [-0.3, -0.25) is 5.32 Å². The first-order valence-electron chi connectivity index (χ1n) is 15.6. The fourth-order valence-electron chi connectivity index (χ4n) is 6.43. The highest BCUT2D eigenvalue weighted by Gasteiger charge is 2.21. The molecule has 0 spiro atoms. The van der Waals surface area contributed by atoms with Crippen molar-refractivity contribution in [2.24, 2.45) is 0 Å². The van der Waals surface area contributed by atoms with Crippen molar-refractivity contribution < 1.29 is 5.32 Å². The van der Waals surface area contributed by atoms with E-state index in [1.807, 2.05) is 0 Å². The predicted octanol–water partition coefficient (Wildman–Crippen LogP) is 9.25. The van der Waals surface area contributed by atoms with Gasteiger partial charge in [-0.1, -0.05) is 91.0 Å². The molecule has 0 aliphatic carbocycles. The molecule has 1 aliphatic heterocycles. The van der Waals surface area contributed by atoms with Gasteiger partial charge in [0, 0.05) is 65.7 Å². The number of anilines is 1. The van der Waals surface area contributed by atoms with Gasteiger partial charge in [0.2, 0.25) is 0 Å². The number of fused-ring (bicyclic) bond motifs is 6. The summed E-state index contributed by atoms with van der Waals surface area (Å²) in [7, 11) is 4.13.